The summed E-state index contributed by atoms with van der Waals surface area (Å²) in [5.74, 6) is 1.76. The number of fused-ring (bicyclic) bond motifs is 10. The van der Waals surface area contributed by atoms with Crippen molar-refractivity contribution in [1.29, 1.82) is 0 Å². The molecule has 14 rings (SSSR count). The fourth-order valence-corrected chi connectivity index (χ4v) is 10.6. The molecule has 0 atom stereocenters. The number of hydrogen-bond donors (Lipinski definition) is 0. The molecule has 0 amide bonds. The SMILES string of the molecule is c1ccc(-c2ccc(-n3c4ccccc4c4c3ccc3c5ccccc5n(-c5nc(-c6ccccc6)nc(-c6ccc7c(c6)c6ccccc6n7-c6ccccc6)n5)c34)c(-c3ccccc3)c2)cc1. The summed E-state index contributed by atoms with van der Waals surface area (Å²) < 4.78 is 7.05. The molecule has 0 bridgehead atoms. The van der Waals surface area contributed by atoms with Crippen molar-refractivity contribution in [3.8, 4) is 62.4 Å². The number of benzene rings is 10. The Bertz CT molecular complexity index is 4280. The highest BCUT2D eigenvalue weighted by Crippen LogP contribution is 2.44. The molecule has 0 unspecified atom stereocenters. The maximum atomic E-state index is 5.49. The van der Waals surface area contributed by atoms with Gasteiger partial charge in [-0.2, -0.15) is 9.97 Å². The summed E-state index contributed by atoms with van der Waals surface area (Å²) in [5.41, 5.74) is 15.2. The average molecular weight is 881 g/mol. The highest BCUT2D eigenvalue weighted by atomic mass is 15.2. The van der Waals surface area contributed by atoms with E-state index in [0.29, 0.717) is 17.6 Å². The molecule has 69 heavy (non-hydrogen) atoms. The predicted molar refractivity (Wildman–Crippen MR) is 285 cm³/mol. The average Bonchev–Trinajstić information content (AvgIpc) is 4.07. The van der Waals surface area contributed by atoms with E-state index in [4.69, 9.17) is 15.0 Å². The second-order valence-corrected chi connectivity index (χ2v) is 17.6. The van der Waals surface area contributed by atoms with Crippen molar-refractivity contribution in [2.24, 2.45) is 0 Å². The largest absolute Gasteiger partial charge is 0.309 e. The summed E-state index contributed by atoms with van der Waals surface area (Å²) in [6, 6.07) is 86.3. The fourth-order valence-electron chi connectivity index (χ4n) is 10.6. The number of hydrogen-bond acceptors (Lipinski definition) is 3. The van der Waals surface area contributed by atoms with Crippen molar-refractivity contribution in [2.45, 2.75) is 0 Å². The molecule has 14 aromatic rings. The first-order valence-electron chi connectivity index (χ1n) is 23.4. The molecule has 0 aliphatic carbocycles. The van der Waals surface area contributed by atoms with E-state index >= 15 is 0 Å². The van der Waals surface area contributed by atoms with Crippen LogP contribution in [-0.4, -0.2) is 28.7 Å². The molecule has 4 heterocycles. The minimum Gasteiger partial charge on any atom is -0.309 e. The van der Waals surface area contributed by atoms with Gasteiger partial charge >= 0.3 is 0 Å². The normalized spacial score (nSPS) is 11.8. The first kappa shape index (κ1) is 38.8. The quantitative estimate of drug-likeness (QED) is 0.160. The lowest BCUT2D eigenvalue weighted by molar-refractivity contribution is 0.955. The number of aromatic nitrogens is 6. The van der Waals surface area contributed by atoms with Crippen LogP contribution in [0.5, 0.6) is 0 Å². The van der Waals surface area contributed by atoms with Crippen molar-refractivity contribution in [2.75, 3.05) is 0 Å². The number of nitrogens with zero attached hydrogens (tertiary/aromatic N) is 6. The Balaban J connectivity index is 1.05. The van der Waals surface area contributed by atoms with Crippen molar-refractivity contribution < 1.29 is 0 Å². The van der Waals surface area contributed by atoms with Gasteiger partial charge in [0.1, 0.15) is 0 Å². The van der Waals surface area contributed by atoms with Crippen molar-refractivity contribution in [3.63, 3.8) is 0 Å². The first-order chi connectivity index (χ1) is 34.2. The highest BCUT2D eigenvalue weighted by Gasteiger charge is 2.25. The molecule has 322 valence electrons. The third-order valence-corrected chi connectivity index (χ3v) is 13.7. The van der Waals surface area contributed by atoms with Crippen LogP contribution in [0, 0.1) is 0 Å². The standard InChI is InChI=1S/C63H40N6/c1-5-19-41(20-6-1)44-33-36-56(51(39-44)42-21-7-2-8-22-42)68-55-32-18-15-29-50(55)59-58(68)38-35-49-47-27-13-17-31-54(47)69(60(49)59)63-65-61(43-23-9-3-10-24-43)64-62(66-63)45-34-37-57-52(40-45)48-28-14-16-30-53(48)67(57)46-25-11-4-12-26-46/h1-40H. The molecule has 0 fully saturated rings. The van der Waals surface area contributed by atoms with Crippen LogP contribution in [-0.2, 0) is 0 Å². The molecule has 0 saturated heterocycles. The van der Waals surface area contributed by atoms with Gasteiger partial charge in [-0.05, 0) is 83.4 Å². The third-order valence-electron chi connectivity index (χ3n) is 13.7. The van der Waals surface area contributed by atoms with E-state index in [2.05, 4.69) is 238 Å². The van der Waals surface area contributed by atoms with Crippen LogP contribution < -0.4 is 0 Å². The van der Waals surface area contributed by atoms with Gasteiger partial charge in [0, 0.05) is 54.7 Å². The van der Waals surface area contributed by atoms with E-state index in [0.717, 1.165) is 93.7 Å². The zero-order valence-corrected chi connectivity index (χ0v) is 37.3. The lowest BCUT2D eigenvalue weighted by Gasteiger charge is -2.16. The lowest BCUT2D eigenvalue weighted by Crippen LogP contribution is -2.06. The topological polar surface area (TPSA) is 53.5 Å². The number of rotatable bonds is 7. The summed E-state index contributed by atoms with van der Waals surface area (Å²) in [4.78, 5) is 16.2. The monoisotopic (exact) mass is 880 g/mol. The van der Waals surface area contributed by atoms with E-state index in [1.165, 1.54) is 16.5 Å². The molecule has 0 N–H and O–H groups in total. The highest BCUT2D eigenvalue weighted by molar-refractivity contribution is 6.26. The van der Waals surface area contributed by atoms with Gasteiger partial charge < -0.3 is 9.13 Å². The molecular formula is C63H40N6. The third kappa shape index (κ3) is 6.16. The Kier molecular flexibility index (Phi) is 8.79. The van der Waals surface area contributed by atoms with Gasteiger partial charge in [-0.1, -0.05) is 176 Å². The zero-order valence-electron chi connectivity index (χ0n) is 37.3. The Morgan fingerprint density at radius 3 is 1.48 bits per heavy atom. The van der Waals surface area contributed by atoms with Gasteiger partial charge in [-0.15, -0.1) is 0 Å². The molecule has 0 radical (unpaired) electrons. The fraction of sp³-hybridized carbons (Fsp3) is 0. The van der Waals surface area contributed by atoms with Gasteiger partial charge in [0.15, 0.2) is 11.6 Å². The van der Waals surface area contributed by atoms with Crippen LogP contribution >= 0.6 is 0 Å². The number of para-hydroxylation sites is 4. The summed E-state index contributed by atoms with van der Waals surface area (Å²) in [6.45, 7) is 0. The van der Waals surface area contributed by atoms with E-state index in [9.17, 15) is 0 Å². The van der Waals surface area contributed by atoms with Crippen molar-refractivity contribution in [3.05, 3.63) is 243 Å². The maximum Gasteiger partial charge on any atom is 0.238 e. The van der Waals surface area contributed by atoms with Crippen molar-refractivity contribution in [1.82, 2.24) is 28.7 Å². The van der Waals surface area contributed by atoms with Crippen LogP contribution in [0.2, 0.25) is 0 Å². The Morgan fingerprint density at radius 1 is 0.275 bits per heavy atom. The second kappa shape index (κ2) is 15.6. The molecule has 0 aliphatic heterocycles. The van der Waals surface area contributed by atoms with Gasteiger partial charge in [0.2, 0.25) is 5.95 Å². The summed E-state index contributed by atoms with van der Waals surface area (Å²) >= 11 is 0. The summed E-state index contributed by atoms with van der Waals surface area (Å²) in [7, 11) is 0. The molecule has 4 aromatic heterocycles. The van der Waals surface area contributed by atoms with Gasteiger partial charge in [0.05, 0.1) is 38.8 Å². The zero-order chi connectivity index (χ0) is 45.4. The van der Waals surface area contributed by atoms with E-state index in [1.54, 1.807) is 0 Å². The Morgan fingerprint density at radius 2 is 0.783 bits per heavy atom. The Labute approximate surface area is 397 Å². The van der Waals surface area contributed by atoms with E-state index < -0.39 is 0 Å². The maximum absolute atomic E-state index is 5.49. The van der Waals surface area contributed by atoms with E-state index in [-0.39, 0.29) is 0 Å². The molecule has 10 aromatic carbocycles. The molecule has 0 aliphatic rings. The molecule has 0 spiro atoms. The molecule has 6 nitrogen and oxygen atoms in total. The molecule has 0 saturated carbocycles. The summed E-state index contributed by atoms with van der Waals surface area (Å²) in [6.07, 6.45) is 0. The summed E-state index contributed by atoms with van der Waals surface area (Å²) in [5, 5.41) is 6.83. The van der Waals surface area contributed by atoms with Crippen LogP contribution in [0.25, 0.3) is 128 Å². The van der Waals surface area contributed by atoms with Gasteiger partial charge in [-0.3, -0.25) is 4.57 Å². The molecule has 6 heteroatoms. The van der Waals surface area contributed by atoms with Gasteiger partial charge in [-0.25, -0.2) is 4.98 Å². The minimum atomic E-state index is 0.554. The smallest absolute Gasteiger partial charge is 0.238 e. The second-order valence-electron chi connectivity index (χ2n) is 17.6. The lowest BCUT2D eigenvalue weighted by atomic mass is 9.97. The first-order valence-corrected chi connectivity index (χ1v) is 23.4. The molecular weight excluding hydrogens is 841 g/mol. The van der Waals surface area contributed by atoms with Crippen molar-refractivity contribution >= 4 is 65.4 Å². The van der Waals surface area contributed by atoms with Crippen LogP contribution in [0.1, 0.15) is 0 Å². The van der Waals surface area contributed by atoms with Crippen LogP contribution in [0.4, 0.5) is 0 Å². The minimum absolute atomic E-state index is 0.554. The van der Waals surface area contributed by atoms with Crippen LogP contribution in [0.15, 0.2) is 243 Å². The van der Waals surface area contributed by atoms with Crippen LogP contribution in [0.3, 0.4) is 0 Å². The van der Waals surface area contributed by atoms with Gasteiger partial charge in [0.25, 0.3) is 0 Å². The van der Waals surface area contributed by atoms with E-state index in [1.807, 2.05) is 18.2 Å². The predicted octanol–water partition coefficient (Wildman–Crippen LogP) is 15.8. The Hall–Kier alpha value is -9.39.